The highest BCUT2D eigenvalue weighted by molar-refractivity contribution is 5.80. The molecule has 2 fully saturated rings. The van der Waals surface area contributed by atoms with Gasteiger partial charge < -0.3 is 15.0 Å². The average molecular weight is 240 g/mol. The fraction of sp³-hybridized carbons (Fsp3) is 0.923. The predicted octanol–water partition coefficient (Wildman–Crippen LogP) is 0.727. The lowest BCUT2D eigenvalue weighted by Gasteiger charge is -2.30. The Labute approximate surface area is 104 Å². The van der Waals surface area contributed by atoms with E-state index in [0.29, 0.717) is 11.8 Å². The number of likely N-dealkylation sites (tertiary alicyclic amines) is 1. The summed E-state index contributed by atoms with van der Waals surface area (Å²) in [5.41, 5.74) is 0.183. The first-order valence-electron chi connectivity index (χ1n) is 6.62. The van der Waals surface area contributed by atoms with Gasteiger partial charge in [0.25, 0.3) is 0 Å². The first-order valence-corrected chi connectivity index (χ1v) is 6.62. The number of rotatable bonds is 4. The van der Waals surface area contributed by atoms with E-state index in [2.05, 4.69) is 19.2 Å². The van der Waals surface area contributed by atoms with Crippen molar-refractivity contribution in [2.75, 3.05) is 39.4 Å². The van der Waals surface area contributed by atoms with Crippen LogP contribution in [0.4, 0.5) is 0 Å². The summed E-state index contributed by atoms with van der Waals surface area (Å²) >= 11 is 0. The molecule has 2 aliphatic heterocycles. The molecule has 0 bridgehead atoms. The molecule has 1 N–H and O–H groups in total. The van der Waals surface area contributed by atoms with Crippen LogP contribution in [0.15, 0.2) is 0 Å². The molecule has 0 saturated carbocycles. The lowest BCUT2D eigenvalue weighted by molar-refractivity contribution is -0.136. The van der Waals surface area contributed by atoms with Crippen molar-refractivity contribution in [2.45, 2.75) is 20.8 Å². The first-order chi connectivity index (χ1) is 8.04. The highest BCUT2D eigenvalue weighted by atomic mass is 16.5. The Morgan fingerprint density at radius 1 is 1.47 bits per heavy atom. The van der Waals surface area contributed by atoms with Crippen LogP contribution in [0.25, 0.3) is 0 Å². The van der Waals surface area contributed by atoms with E-state index in [4.69, 9.17) is 4.74 Å². The van der Waals surface area contributed by atoms with E-state index in [1.54, 1.807) is 0 Å². The second-order valence-corrected chi connectivity index (χ2v) is 5.92. The van der Waals surface area contributed by atoms with E-state index in [1.807, 2.05) is 11.8 Å². The second-order valence-electron chi connectivity index (χ2n) is 5.92. The fourth-order valence-corrected chi connectivity index (χ4v) is 2.63. The van der Waals surface area contributed by atoms with Crippen LogP contribution in [0.2, 0.25) is 0 Å². The summed E-state index contributed by atoms with van der Waals surface area (Å²) in [4.78, 5) is 14.2. The van der Waals surface area contributed by atoms with Crippen LogP contribution in [0, 0.1) is 17.3 Å². The van der Waals surface area contributed by atoms with E-state index in [1.165, 1.54) is 0 Å². The largest absolute Gasteiger partial charge is 0.381 e. The van der Waals surface area contributed by atoms with Crippen molar-refractivity contribution in [3.63, 3.8) is 0 Å². The van der Waals surface area contributed by atoms with Gasteiger partial charge in [-0.1, -0.05) is 13.8 Å². The summed E-state index contributed by atoms with van der Waals surface area (Å²) in [7, 11) is 0. The molecule has 1 atom stereocenters. The molecule has 4 nitrogen and oxygen atoms in total. The third-order valence-corrected chi connectivity index (χ3v) is 4.11. The van der Waals surface area contributed by atoms with E-state index >= 15 is 0 Å². The van der Waals surface area contributed by atoms with Crippen molar-refractivity contribution in [2.24, 2.45) is 17.3 Å². The molecular weight excluding hydrogens is 216 g/mol. The molecule has 1 amide bonds. The Morgan fingerprint density at radius 2 is 2.18 bits per heavy atom. The maximum atomic E-state index is 12.2. The zero-order valence-electron chi connectivity index (χ0n) is 11.2. The van der Waals surface area contributed by atoms with Gasteiger partial charge in [0, 0.05) is 38.7 Å². The first kappa shape index (κ1) is 12.8. The Morgan fingerprint density at radius 3 is 2.71 bits per heavy atom. The van der Waals surface area contributed by atoms with Crippen molar-refractivity contribution in [3.8, 4) is 0 Å². The lowest BCUT2D eigenvalue weighted by Crippen LogP contribution is -2.51. The minimum absolute atomic E-state index is 0.183. The number of hydrogen-bond acceptors (Lipinski definition) is 3. The van der Waals surface area contributed by atoms with E-state index < -0.39 is 0 Å². The van der Waals surface area contributed by atoms with Crippen molar-refractivity contribution in [1.29, 1.82) is 0 Å². The molecule has 0 unspecified atom stereocenters. The third-order valence-electron chi connectivity index (χ3n) is 4.11. The van der Waals surface area contributed by atoms with Crippen molar-refractivity contribution < 1.29 is 9.53 Å². The zero-order chi connectivity index (χ0) is 12.5. The summed E-state index contributed by atoms with van der Waals surface area (Å²) in [6, 6.07) is 0. The van der Waals surface area contributed by atoms with Crippen LogP contribution in [-0.2, 0) is 9.53 Å². The number of ether oxygens (including phenoxy) is 1. The Kier molecular flexibility index (Phi) is 3.73. The van der Waals surface area contributed by atoms with Gasteiger partial charge in [0.1, 0.15) is 0 Å². The molecule has 0 aromatic rings. The maximum absolute atomic E-state index is 12.2. The van der Waals surface area contributed by atoms with Gasteiger partial charge in [-0.2, -0.15) is 0 Å². The van der Waals surface area contributed by atoms with Crippen LogP contribution in [0.3, 0.4) is 0 Å². The van der Waals surface area contributed by atoms with E-state index in [0.717, 1.165) is 39.4 Å². The monoisotopic (exact) mass is 240 g/mol. The molecule has 4 heteroatoms. The van der Waals surface area contributed by atoms with Gasteiger partial charge in [-0.05, 0) is 12.3 Å². The summed E-state index contributed by atoms with van der Waals surface area (Å²) in [6.45, 7) is 11.5. The van der Waals surface area contributed by atoms with Crippen LogP contribution in [0.1, 0.15) is 20.8 Å². The smallest absolute Gasteiger partial charge is 0.228 e. The molecular formula is C13H24N2O2. The normalized spacial score (nSPS) is 28.2. The average Bonchev–Trinajstić information content (AvgIpc) is 2.48. The number of nitrogens with zero attached hydrogens (tertiary/aromatic N) is 1. The fourth-order valence-electron chi connectivity index (χ4n) is 2.63. The van der Waals surface area contributed by atoms with Crippen LogP contribution >= 0.6 is 0 Å². The Hall–Kier alpha value is -0.610. The van der Waals surface area contributed by atoms with E-state index in [9.17, 15) is 4.79 Å². The van der Waals surface area contributed by atoms with Gasteiger partial charge in [0.2, 0.25) is 5.91 Å². The lowest BCUT2D eigenvalue weighted by atomic mass is 9.83. The van der Waals surface area contributed by atoms with Gasteiger partial charge >= 0.3 is 0 Å². The number of carbonyl (C=O) groups is 1. The molecule has 17 heavy (non-hydrogen) atoms. The molecule has 0 aromatic carbocycles. The molecule has 2 saturated heterocycles. The van der Waals surface area contributed by atoms with Crippen LogP contribution < -0.4 is 5.32 Å². The maximum Gasteiger partial charge on any atom is 0.228 e. The summed E-state index contributed by atoms with van der Waals surface area (Å²) in [6.07, 6.45) is 0. The Bertz CT molecular complexity index is 287. The molecule has 0 spiro atoms. The summed E-state index contributed by atoms with van der Waals surface area (Å²) < 4.78 is 5.53. The van der Waals surface area contributed by atoms with Gasteiger partial charge in [0.05, 0.1) is 12.5 Å². The number of hydrogen-bond donors (Lipinski definition) is 1. The molecule has 0 radical (unpaired) electrons. The van der Waals surface area contributed by atoms with Crippen LogP contribution in [0.5, 0.6) is 0 Å². The molecule has 2 rings (SSSR count). The summed E-state index contributed by atoms with van der Waals surface area (Å²) in [5, 5.41) is 3.16. The molecule has 0 aromatic heterocycles. The van der Waals surface area contributed by atoms with E-state index in [-0.39, 0.29) is 11.3 Å². The number of nitrogens with one attached hydrogen (secondary N) is 1. The van der Waals surface area contributed by atoms with Gasteiger partial charge in [-0.25, -0.2) is 0 Å². The summed E-state index contributed by atoms with van der Waals surface area (Å²) in [5.74, 6) is 1.02. The highest BCUT2D eigenvalue weighted by Crippen LogP contribution is 2.36. The number of amides is 1. The van der Waals surface area contributed by atoms with Crippen LogP contribution in [-0.4, -0.2) is 50.2 Å². The third kappa shape index (κ3) is 2.63. The molecule has 2 aliphatic rings. The number of carbonyl (C=O) groups excluding carboxylic acids is 1. The second kappa shape index (κ2) is 4.94. The SMILES string of the molecule is CCOC[C@H]1CN(C(=O)C2CNC2)CC1(C)C. The minimum atomic E-state index is 0.183. The highest BCUT2D eigenvalue weighted by Gasteiger charge is 2.43. The van der Waals surface area contributed by atoms with Crippen molar-refractivity contribution in [1.82, 2.24) is 10.2 Å². The quantitative estimate of drug-likeness (QED) is 0.787. The van der Waals surface area contributed by atoms with Crippen molar-refractivity contribution in [3.05, 3.63) is 0 Å². The topological polar surface area (TPSA) is 41.6 Å². The minimum Gasteiger partial charge on any atom is -0.381 e. The molecule has 98 valence electrons. The molecule has 0 aliphatic carbocycles. The zero-order valence-corrected chi connectivity index (χ0v) is 11.2. The van der Waals surface area contributed by atoms with Crippen molar-refractivity contribution >= 4 is 5.91 Å². The van der Waals surface area contributed by atoms with Gasteiger partial charge in [-0.15, -0.1) is 0 Å². The van der Waals surface area contributed by atoms with Gasteiger partial charge in [0.15, 0.2) is 0 Å². The Balaban J connectivity index is 1.92. The standard InChI is InChI=1S/C13H24N2O2/c1-4-17-8-11-7-15(9-13(11,2)3)12(16)10-5-14-6-10/h10-11,14H,4-9H2,1-3H3/t11-/m1/s1. The predicted molar refractivity (Wildman–Crippen MR) is 66.7 cm³/mol. The van der Waals surface area contributed by atoms with Gasteiger partial charge in [-0.3, -0.25) is 4.79 Å². The molecule has 2 heterocycles.